The number of nitrogens with zero attached hydrogens (tertiary/aromatic N) is 3. The molecular weight excluding hydrogens is 316 g/mol. The van der Waals surface area contributed by atoms with Crippen molar-refractivity contribution < 1.29 is 10.2 Å². The van der Waals surface area contributed by atoms with Gasteiger partial charge in [0.1, 0.15) is 5.75 Å². The van der Waals surface area contributed by atoms with Crippen LogP contribution in [0.15, 0.2) is 30.3 Å². The van der Waals surface area contributed by atoms with Gasteiger partial charge in [-0.1, -0.05) is 12.1 Å². The second kappa shape index (κ2) is 7.80. The van der Waals surface area contributed by atoms with E-state index in [-0.39, 0.29) is 5.75 Å². The maximum absolute atomic E-state index is 10.3. The molecule has 1 saturated heterocycles. The van der Waals surface area contributed by atoms with Gasteiger partial charge in [0.05, 0.1) is 6.10 Å². The zero-order valence-corrected chi connectivity index (χ0v) is 14.8. The Hall–Kier alpha value is -2.18. The number of aliphatic hydroxyl groups excluding tert-OH is 1. The minimum atomic E-state index is -0.568. The Kier molecular flexibility index (Phi) is 5.50. The van der Waals surface area contributed by atoms with Gasteiger partial charge in [-0.3, -0.25) is 0 Å². The van der Waals surface area contributed by atoms with Crippen molar-refractivity contribution in [3.63, 3.8) is 0 Å². The number of anilines is 1. The molecule has 2 heterocycles. The third-order valence-electron chi connectivity index (χ3n) is 4.63. The summed E-state index contributed by atoms with van der Waals surface area (Å²) < 4.78 is 0. The fourth-order valence-corrected chi connectivity index (χ4v) is 3.22. The molecule has 1 atom stereocenters. The van der Waals surface area contributed by atoms with Crippen molar-refractivity contribution in [2.75, 3.05) is 24.5 Å². The van der Waals surface area contributed by atoms with Gasteiger partial charge >= 0.3 is 0 Å². The molecule has 0 spiro atoms. The quantitative estimate of drug-likeness (QED) is 0.772. The summed E-state index contributed by atoms with van der Waals surface area (Å²) in [5, 5.41) is 23.0. The van der Waals surface area contributed by atoms with Gasteiger partial charge in [-0.15, -0.1) is 0 Å². The predicted octanol–water partition coefficient (Wildman–Crippen LogP) is 2.09. The van der Waals surface area contributed by atoms with Crippen LogP contribution in [0.2, 0.25) is 0 Å². The van der Waals surface area contributed by atoms with Crippen LogP contribution in [0.4, 0.5) is 5.95 Å². The van der Waals surface area contributed by atoms with Crippen molar-refractivity contribution in [2.24, 2.45) is 0 Å². The molecule has 0 unspecified atom stereocenters. The largest absolute Gasteiger partial charge is 0.508 e. The molecule has 3 rings (SSSR count). The van der Waals surface area contributed by atoms with E-state index in [1.807, 2.05) is 19.9 Å². The first-order chi connectivity index (χ1) is 12.0. The number of aromatic nitrogens is 2. The van der Waals surface area contributed by atoms with Crippen molar-refractivity contribution in [3.8, 4) is 5.75 Å². The number of phenolic OH excluding ortho intramolecular Hbond substituents is 1. The molecule has 1 aliphatic heterocycles. The van der Waals surface area contributed by atoms with Gasteiger partial charge in [-0.2, -0.15) is 0 Å². The molecule has 6 nitrogen and oxygen atoms in total. The van der Waals surface area contributed by atoms with Crippen molar-refractivity contribution in [1.82, 2.24) is 15.3 Å². The average Bonchev–Trinajstić information content (AvgIpc) is 2.60. The molecule has 0 bridgehead atoms. The second-order valence-electron chi connectivity index (χ2n) is 6.73. The summed E-state index contributed by atoms with van der Waals surface area (Å²) in [5.74, 6) is 1.03. The maximum atomic E-state index is 10.3. The molecule has 0 radical (unpaired) electrons. The molecule has 0 saturated carbocycles. The monoisotopic (exact) mass is 342 g/mol. The highest BCUT2D eigenvalue weighted by Crippen LogP contribution is 2.19. The standard InChI is InChI=1S/C19H26N4O2/c1-13-11-14(2)22-19(21-13)23-9-7-16(8-10-23)20-12-18(25)15-3-5-17(24)6-4-15/h3-6,11,16,18,20,24-25H,7-10,12H2,1-2H3/t18-/m1/s1. The molecule has 134 valence electrons. The summed E-state index contributed by atoms with van der Waals surface area (Å²) in [7, 11) is 0. The van der Waals surface area contributed by atoms with Gasteiger partial charge in [-0.05, 0) is 50.5 Å². The predicted molar refractivity (Wildman–Crippen MR) is 97.8 cm³/mol. The van der Waals surface area contributed by atoms with E-state index in [1.165, 1.54) is 0 Å². The summed E-state index contributed by atoms with van der Waals surface area (Å²) in [6.07, 6.45) is 1.43. The number of hydrogen-bond donors (Lipinski definition) is 3. The van der Waals surface area contributed by atoms with Crippen LogP contribution in [0, 0.1) is 13.8 Å². The van der Waals surface area contributed by atoms with Crippen molar-refractivity contribution in [3.05, 3.63) is 47.3 Å². The Bertz CT molecular complexity index is 677. The molecule has 2 aromatic rings. The summed E-state index contributed by atoms with van der Waals surface area (Å²) >= 11 is 0. The topological polar surface area (TPSA) is 81.5 Å². The third kappa shape index (κ3) is 4.67. The zero-order chi connectivity index (χ0) is 17.8. The molecule has 0 amide bonds. The number of benzene rings is 1. The summed E-state index contributed by atoms with van der Waals surface area (Å²) in [4.78, 5) is 11.3. The van der Waals surface area contributed by atoms with Gasteiger partial charge in [0.25, 0.3) is 0 Å². The highest BCUT2D eigenvalue weighted by molar-refractivity contribution is 5.33. The summed E-state index contributed by atoms with van der Waals surface area (Å²) in [6, 6.07) is 9.07. The van der Waals surface area contributed by atoms with Crippen LogP contribution in [-0.4, -0.2) is 45.9 Å². The van der Waals surface area contributed by atoms with Crippen LogP contribution in [0.1, 0.15) is 35.9 Å². The van der Waals surface area contributed by atoms with E-state index in [0.717, 1.165) is 48.8 Å². The van der Waals surface area contributed by atoms with E-state index >= 15 is 0 Å². The molecule has 3 N–H and O–H groups in total. The number of rotatable bonds is 5. The molecule has 6 heteroatoms. The summed E-state index contributed by atoms with van der Waals surface area (Å²) in [5.41, 5.74) is 2.81. The molecule has 1 aliphatic rings. The first-order valence-electron chi connectivity index (χ1n) is 8.79. The summed E-state index contributed by atoms with van der Waals surface area (Å²) in [6.45, 7) is 6.33. The van der Waals surface area contributed by atoms with Crippen LogP contribution in [-0.2, 0) is 0 Å². The van der Waals surface area contributed by atoms with Crippen molar-refractivity contribution >= 4 is 5.95 Å². The third-order valence-corrected chi connectivity index (χ3v) is 4.63. The lowest BCUT2D eigenvalue weighted by molar-refractivity contribution is 0.167. The van der Waals surface area contributed by atoms with Crippen LogP contribution in [0.3, 0.4) is 0 Å². The van der Waals surface area contributed by atoms with Crippen LogP contribution in [0.25, 0.3) is 0 Å². The van der Waals surface area contributed by atoms with Crippen LogP contribution >= 0.6 is 0 Å². The lowest BCUT2D eigenvalue weighted by Gasteiger charge is -2.33. The fraction of sp³-hybridized carbons (Fsp3) is 0.474. The number of aryl methyl sites for hydroxylation is 2. The lowest BCUT2D eigenvalue weighted by Crippen LogP contribution is -2.44. The Balaban J connectivity index is 1.48. The highest BCUT2D eigenvalue weighted by Gasteiger charge is 2.21. The molecule has 1 aromatic heterocycles. The van der Waals surface area contributed by atoms with Crippen LogP contribution in [0.5, 0.6) is 5.75 Å². The maximum Gasteiger partial charge on any atom is 0.225 e. The highest BCUT2D eigenvalue weighted by atomic mass is 16.3. The smallest absolute Gasteiger partial charge is 0.225 e. The van der Waals surface area contributed by atoms with E-state index in [0.29, 0.717) is 12.6 Å². The van der Waals surface area contributed by atoms with Crippen molar-refractivity contribution in [1.29, 1.82) is 0 Å². The van der Waals surface area contributed by atoms with Gasteiger partial charge in [0, 0.05) is 37.1 Å². The van der Waals surface area contributed by atoms with Gasteiger partial charge in [0.15, 0.2) is 0 Å². The van der Waals surface area contributed by atoms with E-state index < -0.39 is 6.10 Å². The Morgan fingerprint density at radius 2 is 1.72 bits per heavy atom. The minimum absolute atomic E-state index is 0.213. The molecule has 0 aliphatic carbocycles. The SMILES string of the molecule is Cc1cc(C)nc(N2CCC(NC[C@@H](O)c3ccc(O)cc3)CC2)n1. The molecule has 25 heavy (non-hydrogen) atoms. The lowest BCUT2D eigenvalue weighted by atomic mass is 10.0. The van der Waals surface area contributed by atoms with Crippen LogP contribution < -0.4 is 10.2 Å². The van der Waals surface area contributed by atoms with E-state index in [9.17, 15) is 10.2 Å². The number of piperidine rings is 1. The number of nitrogens with one attached hydrogen (secondary N) is 1. The minimum Gasteiger partial charge on any atom is -0.508 e. The fourth-order valence-electron chi connectivity index (χ4n) is 3.22. The second-order valence-corrected chi connectivity index (χ2v) is 6.73. The number of aliphatic hydroxyl groups is 1. The molecule has 1 aromatic carbocycles. The first kappa shape index (κ1) is 17.6. The van der Waals surface area contributed by atoms with Gasteiger partial charge in [0.2, 0.25) is 5.95 Å². The van der Waals surface area contributed by atoms with Gasteiger partial charge < -0.3 is 20.4 Å². The van der Waals surface area contributed by atoms with E-state index in [4.69, 9.17) is 0 Å². The normalized spacial score (nSPS) is 16.8. The number of hydrogen-bond acceptors (Lipinski definition) is 6. The molecular formula is C19H26N4O2. The first-order valence-corrected chi connectivity index (χ1v) is 8.79. The Labute approximate surface area is 148 Å². The van der Waals surface area contributed by atoms with E-state index in [2.05, 4.69) is 20.2 Å². The number of phenols is 1. The van der Waals surface area contributed by atoms with E-state index in [1.54, 1.807) is 24.3 Å². The zero-order valence-electron chi connectivity index (χ0n) is 14.8. The molecule has 1 fully saturated rings. The Morgan fingerprint density at radius 3 is 2.32 bits per heavy atom. The van der Waals surface area contributed by atoms with Crippen molar-refractivity contribution in [2.45, 2.75) is 38.8 Å². The average molecular weight is 342 g/mol. The Morgan fingerprint density at radius 1 is 1.12 bits per heavy atom. The number of aromatic hydroxyl groups is 1. The van der Waals surface area contributed by atoms with Gasteiger partial charge in [-0.25, -0.2) is 9.97 Å².